The second-order valence-corrected chi connectivity index (χ2v) is 19.6. The van der Waals surface area contributed by atoms with Gasteiger partial charge in [-0.25, -0.2) is 24.2 Å². The fraction of sp³-hybridized carbons (Fsp3) is 0.462. The van der Waals surface area contributed by atoms with Crippen LogP contribution in [0.15, 0.2) is 67.0 Å². The van der Waals surface area contributed by atoms with Crippen molar-refractivity contribution in [2.45, 2.75) is 58.7 Å². The van der Waals surface area contributed by atoms with Gasteiger partial charge in [-0.05, 0) is 68.9 Å². The van der Waals surface area contributed by atoms with Crippen molar-refractivity contribution in [2.75, 3.05) is 57.3 Å². The quantitative estimate of drug-likeness (QED) is 0.154. The number of ether oxygens (including phenoxy) is 3. The first-order valence-corrected chi connectivity index (χ1v) is 20.5. The molecule has 0 unspecified atom stereocenters. The maximum Gasteiger partial charge on any atom is 0.408 e. The van der Waals surface area contributed by atoms with Crippen LogP contribution in [0.4, 0.5) is 9.18 Å². The molecule has 282 valence electrons. The third-order valence-electron chi connectivity index (χ3n) is 8.62. The van der Waals surface area contributed by atoms with Crippen molar-refractivity contribution in [2.24, 2.45) is 0 Å². The van der Waals surface area contributed by atoms with Crippen molar-refractivity contribution < 1.29 is 33.3 Å². The summed E-state index contributed by atoms with van der Waals surface area (Å²) in [6.45, 7) is 9.02. The molecule has 0 aliphatic carbocycles. The van der Waals surface area contributed by atoms with Gasteiger partial charge in [-0.1, -0.05) is 36.4 Å². The van der Waals surface area contributed by atoms with Gasteiger partial charge in [0.1, 0.15) is 29.8 Å². The number of pyridine rings is 1. The summed E-state index contributed by atoms with van der Waals surface area (Å²) >= 11 is 0. The number of nitrogens with one attached hydrogen (secondary N) is 1. The largest absolute Gasteiger partial charge is 0.453 e. The third-order valence-corrected chi connectivity index (χ3v) is 10.0. The molecule has 3 heterocycles. The number of carbonyl (C=O) groups excluding carboxylic acids is 2. The zero-order valence-corrected chi connectivity index (χ0v) is 31.9. The number of fused-ring (bicyclic) bond motifs is 1. The molecule has 11 nitrogen and oxygen atoms in total. The lowest BCUT2D eigenvalue weighted by molar-refractivity contribution is -0.135. The lowest BCUT2D eigenvalue weighted by atomic mass is 10.0. The Morgan fingerprint density at radius 3 is 2.38 bits per heavy atom. The molecule has 1 saturated heterocycles. The Bertz CT molecular complexity index is 1820. The SMILES string of the molecule is CC(C)(C)OC(=O)N[C@@H](Cc1ccc(Oc2ccnc3c2c(CO)cn3COCCS(C)(C)C)c(F)c1)C(=O)N1CCN(Cc2ccccc2)CC1. The molecule has 0 radical (unpaired) electrons. The van der Waals surface area contributed by atoms with Crippen LogP contribution in [0.5, 0.6) is 11.5 Å². The van der Waals surface area contributed by atoms with E-state index in [0.717, 1.165) is 12.3 Å². The molecule has 5 rings (SSSR count). The summed E-state index contributed by atoms with van der Waals surface area (Å²) in [7, 11) is -0.699. The van der Waals surface area contributed by atoms with Crippen LogP contribution in [-0.2, 0) is 40.6 Å². The molecule has 0 spiro atoms. The topological polar surface area (TPSA) is 118 Å². The number of nitrogens with zero attached hydrogens (tertiary/aromatic N) is 4. The van der Waals surface area contributed by atoms with Crippen LogP contribution < -0.4 is 10.1 Å². The molecule has 52 heavy (non-hydrogen) atoms. The first kappa shape index (κ1) is 39.0. The van der Waals surface area contributed by atoms with Crippen molar-refractivity contribution in [3.8, 4) is 11.5 Å². The lowest BCUT2D eigenvalue weighted by Gasteiger charge is -2.36. The Morgan fingerprint density at radius 2 is 1.73 bits per heavy atom. The van der Waals surface area contributed by atoms with Crippen LogP contribution in [0.3, 0.4) is 0 Å². The summed E-state index contributed by atoms with van der Waals surface area (Å²) < 4.78 is 35.0. The number of aliphatic hydroxyl groups is 1. The number of aromatic nitrogens is 2. The van der Waals surface area contributed by atoms with E-state index in [9.17, 15) is 14.7 Å². The maximum absolute atomic E-state index is 15.7. The standard InChI is InChI=1S/C39H52FN5O6S/c1-39(2,3)51-38(48)42-32(37(47)44-18-16-43(17-19-44)24-28-10-8-7-9-11-28)23-29-12-13-33(31(40)22-29)50-34-14-15-41-36-35(34)30(26-46)25-45(36)27-49-20-21-52(4,5)6/h7-15,22,25,32,46H,16-21,23-24,26-27H2,1-6H3,(H,42,48)/t32-/m0/s1. The first-order valence-electron chi connectivity index (χ1n) is 17.5. The van der Waals surface area contributed by atoms with Crippen LogP contribution >= 0.6 is 10.0 Å². The molecule has 1 aliphatic rings. The monoisotopic (exact) mass is 737 g/mol. The van der Waals surface area contributed by atoms with E-state index in [-0.39, 0.29) is 31.4 Å². The second-order valence-electron chi connectivity index (χ2n) is 15.0. The van der Waals surface area contributed by atoms with Gasteiger partial charge in [-0.15, -0.1) is 0 Å². The highest BCUT2D eigenvalue weighted by molar-refractivity contribution is 8.32. The second kappa shape index (κ2) is 17.1. The number of piperazine rings is 1. The summed E-state index contributed by atoms with van der Waals surface area (Å²) in [4.78, 5) is 35.2. The third kappa shape index (κ3) is 10.9. The van der Waals surface area contributed by atoms with Crippen LogP contribution in [-0.4, -0.2) is 105 Å². The van der Waals surface area contributed by atoms with E-state index < -0.39 is 33.6 Å². The predicted octanol–water partition coefficient (Wildman–Crippen LogP) is 5.91. The summed E-state index contributed by atoms with van der Waals surface area (Å²) in [5.41, 5.74) is 2.08. The average molecular weight is 738 g/mol. The fourth-order valence-corrected chi connectivity index (χ4v) is 6.61. The number of carbonyl (C=O) groups is 2. The van der Waals surface area contributed by atoms with E-state index in [2.05, 4.69) is 46.1 Å². The zero-order valence-electron chi connectivity index (χ0n) is 31.1. The normalized spacial score (nSPS) is 15.0. The molecule has 1 aliphatic heterocycles. The molecule has 2 aromatic heterocycles. The molecule has 0 bridgehead atoms. The molecule has 2 N–H and O–H groups in total. The summed E-state index contributed by atoms with van der Waals surface area (Å²) in [5.74, 6) is 0.376. The Kier molecular flexibility index (Phi) is 12.8. The zero-order chi connectivity index (χ0) is 37.5. The van der Waals surface area contributed by atoms with E-state index in [4.69, 9.17) is 14.2 Å². The van der Waals surface area contributed by atoms with Crippen LogP contribution in [0.25, 0.3) is 11.0 Å². The number of halogens is 1. The van der Waals surface area contributed by atoms with Gasteiger partial charge < -0.3 is 34.1 Å². The number of hydrogen-bond donors (Lipinski definition) is 2. The van der Waals surface area contributed by atoms with Gasteiger partial charge in [0.2, 0.25) is 5.91 Å². The first-order chi connectivity index (χ1) is 24.7. The summed E-state index contributed by atoms with van der Waals surface area (Å²) in [6, 6.07) is 15.3. The van der Waals surface area contributed by atoms with Gasteiger partial charge in [-0.3, -0.25) is 9.69 Å². The lowest BCUT2D eigenvalue weighted by Crippen LogP contribution is -2.55. The van der Waals surface area contributed by atoms with E-state index in [1.54, 1.807) is 50.2 Å². The maximum atomic E-state index is 15.7. The molecular weight excluding hydrogens is 686 g/mol. The minimum atomic E-state index is -0.972. The van der Waals surface area contributed by atoms with Gasteiger partial charge >= 0.3 is 6.09 Å². The van der Waals surface area contributed by atoms with E-state index in [1.807, 2.05) is 22.8 Å². The smallest absolute Gasteiger partial charge is 0.408 e. The minimum Gasteiger partial charge on any atom is -0.453 e. The van der Waals surface area contributed by atoms with Gasteiger partial charge in [-0.2, -0.15) is 0 Å². The number of rotatable bonds is 14. The van der Waals surface area contributed by atoms with Crippen molar-refractivity contribution in [1.29, 1.82) is 0 Å². The number of benzene rings is 2. The van der Waals surface area contributed by atoms with Crippen molar-refractivity contribution in [3.63, 3.8) is 0 Å². The molecule has 13 heteroatoms. The van der Waals surface area contributed by atoms with Crippen molar-refractivity contribution in [1.82, 2.24) is 24.7 Å². The van der Waals surface area contributed by atoms with Gasteiger partial charge in [0.05, 0.1) is 18.6 Å². The Balaban J connectivity index is 1.29. The van der Waals surface area contributed by atoms with E-state index in [0.29, 0.717) is 60.7 Å². The van der Waals surface area contributed by atoms with Crippen LogP contribution in [0.2, 0.25) is 0 Å². The average Bonchev–Trinajstić information content (AvgIpc) is 3.45. The molecule has 4 aromatic rings. The predicted molar refractivity (Wildman–Crippen MR) is 203 cm³/mol. The molecule has 2 aromatic carbocycles. The molecule has 1 atom stereocenters. The van der Waals surface area contributed by atoms with Crippen LogP contribution in [0.1, 0.15) is 37.5 Å². The number of hydrogen-bond acceptors (Lipinski definition) is 8. The molecule has 1 fully saturated rings. The van der Waals surface area contributed by atoms with Crippen LogP contribution in [0, 0.1) is 5.82 Å². The molecule has 0 saturated carbocycles. The Morgan fingerprint density at radius 1 is 1.00 bits per heavy atom. The number of alkyl carbamates (subject to hydrolysis) is 1. The summed E-state index contributed by atoms with van der Waals surface area (Å²) in [6.07, 6.45) is 9.37. The van der Waals surface area contributed by atoms with Crippen molar-refractivity contribution >= 4 is 33.1 Å². The highest BCUT2D eigenvalue weighted by Crippen LogP contribution is 2.35. The van der Waals surface area contributed by atoms with Gasteiger partial charge in [0.25, 0.3) is 0 Å². The molecule has 2 amide bonds. The fourth-order valence-electron chi connectivity index (χ4n) is 5.99. The van der Waals surface area contributed by atoms with Gasteiger partial charge in [0, 0.05) is 62.9 Å². The van der Waals surface area contributed by atoms with E-state index >= 15 is 4.39 Å². The minimum absolute atomic E-state index is 0.0326. The number of aliphatic hydroxyl groups excluding tert-OH is 1. The Labute approximate surface area is 307 Å². The van der Waals surface area contributed by atoms with E-state index in [1.165, 1.54) is 17.7 Å². The van der Waals surface area contributed by atoms with Gasteiger partial charge in [0.15, 0.2) is 11.6 Å². The summed E-state index contributed by atoms with van der Waals surface area (Å²) in [5, 5.41) is 13.5. The highest BCUT2D eigenvalue weighted by atomic mass is 32.3. The highest BCUT2D eigenvalue weighted by Gasteiger charge is 2.31. The molecular formula is C39H52FN5O6S. The van der Waals surface area contributed by atoms with Crippen molar-refractivity contribution in [3.05, 3.63) is 89.5 Å². The number of amides is 2. The Hall–Kier alpha value is -4.17.